The van der Waals surface area contributed by atoms with Crippen LogP contribution in [0, 0.1) is 0 Å². The summed E-state index contributed by atoms with van der Waals surface area (Å²) >= 11 is 0. The predicted octanol–water partition coefficient (Wildman–Crippen LogP) is 5.51. The van der Waals surface area contributed by atoms with Crippen LogP contribution in [0.1, 0.15) is 57.4 Å². The second-order valence-corrected chi connectivity index (χ2v) is 5.02. The van der Waals surface area contributed by atoms with E-state index in [0.29, 0.717) is 0 Å². The van der Waals surface area contributed by atoms with Gasteiger partial charge in [-0.15, -0.1) is 0 Å². The maximum atomic E-state index is 5.67. The van der Waals surface area contributed by atoms with Crippen molar-refractivity contribution in [2.24, 2.45) is 0 Å². The number of allylic oxidation sites excluding steroid dienone is 2. The van der Waals surface area contributed by atoms with Gasteiger partial charge in [0.1, 0.15) is 0 Å². The highest BCUT2D eigenvalue weighted by molar-refractivity contribution is 5.13. The number of hydrogen-bond acceptors (Lipinski definition) is 1. The summed E-state index contributed by atoms with van der Waals surface area (Å²) in [5, 5.41) is 0. The van der Waals surface area contributed by atoms with Gasteiger partial charge in [-0.3, -0.25) is 0 Å². The van der Waals surface area contributed by atoms with Crippen LogP contribution in [0.3, 0.4) is 0 Å². The zero-order valence-electron chi connectivity index (χ0n) is 12.3. The minimum Gasteiger partial charge on any atom is -0.377 e. The first-order chi connectivity index (χ1) is 9.43. The molecule has 1 aromatic rings. The summed E-state index contributed by atoms with van der Waals surface area (Å²) in [4.78, 5) is 0. The van der Waals surface area contributed by atoms with Gasteiger partial charge in [0, 0.05) is 6.61 Å². The highest BCUT2D eigenvalue weighted by atomic mass is 16.5. The second-order valence-electron chi connectivity index (χ2n) is 5.02. The van der Waals surface area contributed by atoms with Gasteiger partial charge in [-0.25, -0.2) is 0 Å². The fourth-order valence-electron chi connectivity index (χ4n) is 2.10. The standard InChI is InChI=1S/C18H28O/c1-2-3-4-5-6-7-8-9-13-16-19-17-18-14-11-10-12-15-18/h2-3,10-12,14-15H,4-9,13,16-17H2,1H3/b3-2+. The number of benzene rings is 1. The molecule has 0 heterocycles. The Bertz CT molecular complexity index is 316. The molecule has 106 valence electrons. The lowest BCUT2D eigenvalue weighted by molar-refractivity contribution is 0.116. The van der Waals surface area contributed by atoms with Gasteiger partial charge in [0.2, 0.25) is 0 Å². The summed E-state index contributed by atoms with van der Waals surface area (Å²) in [7, 11) is 0. The third-order valence-electron chi connectivity index (χ3n) is 3.26. The molecule has 0 spiro atoms. The maximum Gasteiger partial charge on any atom is 0.0716 e. The van der Waals surface area contributed by atoms with Crippen molar-refractivity contribution in [3.05, 3.63) is 48.0 Å². The predicted molar refractivity (Wildman–Crippen MR) is 83.2 cm³/mol. The third kappa shape index (κ3) is 9.49. The smallest absolute Gasteiger partial charge is 0.0716 e. The third-order valence-corrected chi connectivity index (χ3v) is 3.26. The molecule has 0 saturated heterocycles. The van der Waals surface area contributed by atoms with Crippen molar-refractivity contribution >= 4 is 0 Å². The fraction of sp³-hybridized carbons (Fsp3) is 0.556. The fourth-order valence-corrected chi connectivity index (χ4v) is 2.10. The minimum absolute atomic E-state index is 0.754. The summed E-state index contributed by atoms with van der Waals surface area (Å²) in [5.41, 5.74) is 1.27. The molecule has 0 aliphatic carbocycles. The van der Waals surface area contributed by atoms with Crippen molar-refractivity contribution in [3.8, 4) is 0 Å². The van der Waals surface area contributed by atoms with Gasteiger partial charge in [-0.1, -0.05) is 68.2 Å². The van der Waals surface area contributed by atoms with Crippen LogP contribution < -0.4 is 0 Å². The van der Waals surface area contributed by atoms with E-state index in [1.54, 1.807) is 0 Å². The molecule has 0 N–H and O–H groups in total. The molecule has 1 nitrogen and oxygen atoms in total. The molecule has 0 unspecified atom stereocenters. The Labute approximate surface area is 118 Å². The summed E-state index contributed by atoms with van der Waals surface area (Å²) in [5.74, 6) is 0. The molecule has 19 heavy (non-hydrogen) atoms. The van der Waals surface area contributed by atoms with E-state index in [0.717, 1.165) is 13.2 Å². The van der Waals surface area contributed by atoms with Gasteiger partial charge in [0.25, 0.3) is 0 Å². The lowest BCUT2D eigenvalue weighted by atomic mass is 10.1. The number of rotatable bonds is 11. The van der Waals surface area contributed by atoms with Crippen molar-refractivity contribution in [2.75, 3.05) is 6.61 Å². The topological polar surface area (TPSA) is 9.23 Å². The Hall–Kier alpha value is -1.08. The van der Waals surface area contributed by atoms with E-state index in [4.69, 9.17) is 4.74 Å². The molecule has 1 aromatic carbocycles. The van der Waals surface area contributed by atoms with Crippen molar-refractivity contribution in [1.29, 1.82) is 0 Å². The Morgan fingerprint density at radius 1 is 0.895 bits per heavy atom. The zero-order chi connectivity index (χ0) is 13.6. The maximum absolute atomic E-state index is 5.67. The van der Waals surface area contributed by atoms with Crippen molar-refractivity contribution < 1.29 is 4.74 Å². The van der Waals surface area contributed by atoms with E-state index in [2.05, 4.69) is 43.3 Å². The van der Waals surface area contributed by atoms with Gasteiger partial charge in [-0.2, -0.15) is 0 Å². The molecule has 1 heteroatoms. The first kappa shape index (κ1) is 16.0. The molecule has 0 aromatic heterocycles. The molecule has 0 atom stereocenters. The Morgan fingerprint density at radius 3 is 2.32 bits per heavy atom. The Kier molecular flexibility index (Phi) is 10.1. The quantitative estimate of drug-likeness (QED) is 0.376. The molecule has 0 saturated carbocycles. The van der Waals surface area contributed by atoms with E-state index in [-0.39, 0.29) is 0 Å². The van der Waals surface area contributed by atoms with E-state index >= 15 is 0 Å². The van der Waals surface area contributed by atoms with Gasteiger partial charge in [-0.05, 0) is 31.7 Å². The van der Waals surface area contributed by atoms with Gasteiger partial charge in [0.15, 0.2) is 0 Å². The van der Waals surface area contributed by atoms with Crippen LogP contribution in [-0.2, 0) is 11.3 Å². The summed E-state index contributed by atoms with van der Waals surface area (Å²) < 4.78 is 5.67. The Morgan fingerprint density at radius 2 is 1.58 bits per heavy atom. The second kappa shape index (κ2) is 12.0. The molecule has 0 amide bonds. The van der Waals surface area contributed by atoms with E-state index in [1.165, 1.54) is 50.5 Å². The molecule has 0 radical (unpaired) electrons. The minimum atomic E-state index is 0.754. The molecule has 0 aliphatic rings. The van der Waals surface area contributed by atoms with Gasteiger partial charge < -0.3 is 4.74 Å². The van der Waals surface area contributed by atoms with Crippen LogP contribution in [0.25, 0.3) is 0 Å². The monoisotopic (exact) mass is 260 g/mol. The first-order valence-corrected chi connectivity index (χ1v) is 7.66. The Balaban J connectivity index is 1.81. The van der Waals surface area contributed by atoms with Crippen LogP contribution >= 0.6 is 0 Å². The van der Waals surface area contributed by atoms with Crippen molar-refractivity contribution in [2.45, 2.75) is 58.5 Å². The summed E-state index contributed by atoms with van der Waals surface area (Å²) in [6, 6.07) is 10.4. The average molecular weight is 260 g/mol. The largest absolute Gasteiger partial charge is 0.377 e. The van der Waals surface area contributed by atoms with Crippen LogP contribution in [0.2, 0.25) is 0 Å². The van der Waals surface area contributed by atoms with Crippen LogP contribution in [-0.4, -0.2) is 6.61 Å². The molecular weight excluding hydrogens is 232 g/mol. The molecule has 0 aliphatic heterocycles. The van der Waals surface area contributed by atoms with E-state index < -0.39 is 0 Å². The molecule has 0 fully saturated rings. The number of hydrogen-bond donors (Lipinski definition) is 0. The van der Waals surface area contributed by atoms with Gasteiger partial charge in [0.05, 0.1) is 6.61 Å². The average Bonchev–Trinajstić information content (AvgIpc) is 2.46. The van der Waals surface area contributed by atoms with Gasteiger partial charge >= 0.3 is 0 Å². The lowest BCUT2D eigenvalue weighted by Crippen LogP contribution is -1.95. The lowest BCUT2D eigenvalue weighted by Gasteiger charge is -2.04. The van der Waals surface area contributed by atoms with E-state index in [9.17, 15) is 0 Å². The number of unbranched alkanes of at least 4 members (excludes halogenated alkanes) is 6. The zero-order valence-corrected chi connectivity index (χ0v) is 12.3. The first-order valence-electron chi connectivity index (χ1n) is 7.66. The van der Waals surface area contributed by atoms with Crippen molar-refractivity contribution in [1.82, 2.24) is 0 Å². The normalized spacial score (nSPS) is 11.2. The van der Waals surface area contributed by atoms with Crippen LogP contribution in [0.15, 0.2) is 42.5 Å². The highest BCUT2D eigenvalue weighted by Gasteiger charge is 1.93. The molecule has 0 bridgehead atoms. The van der Waals surface area contributed by atoms with Crippen LogP contribution in [0.4, 0.5) is 0 Å². The van der Waals surface area contributed by atoms with Crippen LogP contribution in [0.5, 0.6) is 0 Å². The van der Waals surface area contributed by atoms with E-state index in [1.807, 2.05) is 6.07 Å². The molecular formula is C18H28O. The SMILES string of the molecule is C/C=C/CCCCCCCCOCc1ccccc1. The summed E-state index contributed by atoms with van der Waals surface area (Å²) in [6.45, 7) is 3.74. The molecule has 1 rings (SSSR count). The highest BCUT2D eigenvalue weighted by Crippen LogP contribution is 2.08. The van der Waals surface area contributed by atoms with Crippen molar-refractivity contribution in [3.63, 3.8) is 0 Å². The number of ether oxygens (including phenoxy) is 1. The summed E-state index contributed by atoms with van der Waals surface area (Å²) in [6.07, 6.45) is 13.6.